The molecule has 0 aromatic heterocycles. The van der Waals surface area contributed by atoms with E-state index in [9.17, 15) is 0 Å². The van der Waals surface area contributed by atoms with Crippen LogP contribution in [0, 0.1) is 0 Å². The van der Waals surface area contributed by atoms with Crippen molar-refractivity contribution in [2.24, 2.45) is 0 Å². The molecule has 60 heavy (non-hydrogen) atoms. The molecule has 0 heteroatoms. The van der Waals surface area contributed by atoms with Gasteiger partial charge in [-0.3, -0.25) is 0 Å². The van der Waals surface area contributed by atoms with E-state index in [1.807, 2.05) is 0 Å². The molecule has 10 aromatic carbocycles. The Morgan fingerprint density at radius 2 is 0.700 bits per heavy atom. The van der Waals surface area contributed by atoms with Crippen LogP contribution in [0.2, 0.25) is 0 Å². The summed E-state index contributed by atoms with van der Waals surface area (Å²) in [6.45, 7) is 0. The van der Waals surface area contributed by atoms with Crippen LogP contribution >= 0.6 is 0 Å². The first-order chi connectivity index (χ1) is 29.8. The fourth-order valence-electron chi connectivity index (χ4n) is 11.7. The molecule has 0 unspecified atom stereocenters. The highest BCUT2D eigenvalue weighted by atomic mass is 14.3. The van der Waals surface area contributed by atoms with E-state index >= 15 is 0 Å². The minimum Gasteiger partial charge on any atom is -0.0622 e. The number of hydrogen-bond donors (Lipinski definition) is 0. The van der Waals surface area contributed by atoms with Crippen molar-refractivity contribution in [3.05, 3.63) is 192 Å². The van der Waals surface area contributed by atoms with E-state index in [1.165, 1.54) is 160 Å². The monoisotopic (exact) mass is 764 g/mol. The van der Waals surface area contributed by atoms with E-state index in [2.05, 4.69) is 170 Å². The zero-order chi connectivity index (χ0) is 39.3. The van der Waals surface area contributed by atoms with Gasteiger partial charge in [-0.1, -0.05) is 140 Å². The van der Waals surface area contributed by atoms with Crippen LogP contribution in [0.25, 0.3) is 110 Å². The van der Waals surface area contributed by atoms with Crippen LogP contribution in [0.15, 0.2) is 170 Å². The van der Waals surface area contributed by atoms with Gasteiger partial charge >= 0.3 is 0 Å². The highest BCUT2D eigenvalue weighted by molar-refractivity contribution is 6.29. The standard InChI is InChI=1S/C60H44/c1-3-18-39(19-4-1)58-54-33-49(45-28-13-23-37-16-7-10-25-42(37)45)50(46-29-14-24-38-17-8-11-26-43(38)46)34-55(54)59(40-20-5-2-6-21-40)57-36-52-51(35-56(57)58)48-31-15-30-47-44-27-12-9-22-41(44)32-53(52)60(47)48/h1-6,9,12-15,18-24,27-36H,7-8,10-11,16-17,25-26H2. The number of aryl methyl sites for hydroxylation is 2. The quantitative estimate of drug-likeness (QED) is 0.124. The van der Waals surface area contributed by atoms with Crippen molar-refractivity contribution in [3.8, 4) is 66.8 Å². The maximum atomic E-state index is 2.63. The van der Waals surface area contributed by atoms with E-state index in [4.69, 9.17) is 0 Å². The SMILES string of the molecule is c1ccc(-c2c3cc(-c4cccc5c4CCCC5)c(-c4cccc5c4CCCC5)cc3c(-c3ccccc3)c3cc4c(cc23)-c2cccc3c2c-4cc2ccccc23)cc1. The second-order valence-electron chi connectivity index (χ2n) is 17.5. The molecule has 284 valence electrons. The fourth-order valence-corrected chi connectivity index (χ4v) is 11.7. The molecule has 0 bridgehead atoms. The first kappa shape index (κ1) is 34.1. The lowest BCUT2D eigenvalue weighted by molar-refractivity contribution is 0.686. The largest absolute Gasteiger partial charge is 0.0622 e. The van der Waals surface area contributed by atoms with E-state index in [1.54, 1.807) is 11.1 Å². The predicted octanol–water partition coefficient (Wildman–Crippen LogP) is 16.4. The molecule has 0 heterocycles. The molecule has 13 rings (SSSR count). The molecule has 10 aromatic rings. The molecule has 0 fully saturated rings. The van der Waals surface area contributed by atoms with Crippen LogP contribution in [0.4, 0.5) is 0 Å². The Morgan fingerprint density at radius 1 is 0.267 bits per heavy atom. The van der Waals surface area contributed by atoms with Crippen LogP contribution in [0.1, 0.15) is 47.9 Å². The maximum absolute atomic E-state index is 2.63. The summed E-state index contributed by atoms with van der Waals surface area (Å²) >= 11 is 0. The van der Waals surface area contributed by atoms with Crippen LogP contribution in [0.5, 0.6) is 0 Å². The van der Waals surface area contributed by atoms with E-state index in [-0.39, 0.29) is 0 Å². The molecule has 0 saturated heterocycles. The van der Waals surface area contributed by atoms with Crippen molar-refractivity contribution in [1.82, 2.24) is 0 Å². The zero-order valence-electron chi connectivity index (χ0n) is 33.8. The second kappa shape index (κ2) is 13.4. The Morgan fingerprint density at radius 3 is 1.27 bits per heavy atom. The summed E-state index contributed by atoms with van der Waals surface area (Å²) in [4.78, 5) is 0. The summed E-state index contributed by atoms with van der Waals surface area (Å²) in [6.07, 6.45) is 9.66. The Bertz CT molecular complexity index is 3400. The van der Waals surface area contributed by atoms with Gasteiger partial charge in [0.15, 0.2) is 0 Å². The Kier molecular flexibility index (Phi) is 7.61. The highest BCUT2D eigenvalue weighted by Gasteiger charge is 2.28. The third-order valence-electron chi connectivity index (χ3n) is 14.4. The summed E-state index contributed by atoms with van der Waals surface area (Å²) in [5.41, 5.74) is 22.3. The molecule has 0 N–H and O–H groups in total. The Hall–Kier alpha value is -6.76. The molecule has 0 amide bonds. The summed E-state index contributed by atoms with van der Waals surface area (Å²) in [6, 6.07) is 65.5. The van der Waals surface area contributed by atoms with Gasteiger partial charge in [-0.15, -0.1) is 0 Å². The summed E-state index contributed by atoms with van der Waals surface area (Å²) in [5.74, 6) is 0. The van der Waals surface area contributed by atoms with Gasteiger partial charge in [0.25, 0.3) is 0 Å². The molecule has 0 nitrogen and oxygen atoms in total. The molecular weight excluding hydrogens is 721 g/mol. The molecule has 0 aliphatic heterocycles. The van der Waals surface area contributed by atoms with Gasteiger partial charge in [-0.25, -0.2) is 0 Å². The summed E-state index contributed by atoms with van der Waals surface area (Å²) in [7, 11) is 0. The van der Waals surface area contributed by atoms with Crippen molar-refractivity contribution in [1.29, 1.82) is 0 Å². The lowest BCUT2D eigenvalue weighted by Crippen LogP contribution is -2.07. The average Bonchev–Trinajstić information content (AvgIpc) is 3.62. The maximum Gasteiger partial charge on any atom is -0.00199 e. The highest BCUT2D eigenvalue weighted by Crippen LogP contribution is 2.55. The van der Waals surface area contributed by atoms with Crippen LogP contribution in [0.3, 0.4) is 0 Å². The smallest absolute Gasteiger partial charge is 0.00199 e. The molecule has 3 aliphatic rings. The minimum atomic E-state index is 1.14. The van der Waals surface area contributed by atoms with Gasteiger partial charge in [0.05, 0.1) is 0 Å². The predicted molar refractivity (Wildman–Crippen MR) is 256 cm³/mol. The number of fused-ring (bicyclic) bond motifs is 9. The lowest BCUT2D eigenvalue weighted by Gasteiger charge is -2.26. The molecule has 0 radical (unpaired) electrons. The minimum absolute atomic E-state index is 1.14. The first-order valence-electron chi connectivity index (χ1n) is 22.2. The van der Waals surface area contributed by atoms with Crippen molar-refractivity contribution < 1.29 is 0 Å². The van der Waals surface area contributed by atoms with Gasteiger partial charge in [-0.2, -0.15) is 0 Å². The normalized spacial score (nSPS) is 14.1. The molecular formula is C60H44. The van der Waals surface area contributed by atoms with Crippen molar-refractivity contribution in [3.63, 3.8) is 0 Å². The van der Waals surface area contributed by atoms with E-state index in [0.29, 0.717) is 0 Å². The molecule has 0 saturated carbocycles. The van der Waals surface area contributed by atoms with Gasteiger partial charge in [-0.05, 0) is 214 Å². The molecule has 0 spiro atoms. The van der Waals surface area contributed by atoms with Crippen molar-refractivity contribution >= 4 is 43.1 Å². The molecule has 3 aliphatic carbocycles. The van der Waals surface area contributed by atoms with Gasteiger partial charge in [0, 0.05) is 0 Å². The fraction of sp³-hybridized carbons (Fsp3) is 0.133. The van der Waals surface area contributed by atoms with Gasteiger partial charge < -0.3 is 0 Å². The number of hydrogen-bond acceptors (Lipinski definition) is 0. The second-order valence-corrected chi connectivity index (χ2v) is 17.5. The zero-order valence-corrected chi connectivity index (χ0v) is 33.8. The van der Waals surface area contributed by atoms with E-state index in [0.717, 1.165) is 12.8 Å². The lowest BCUT2D eigenvalue weighted by atomic mass is 9.78. The van der Waals surface area contributed by atoms with Crippen LogP contribution in [-0.2, 0) is 25.7 Å². The van der Waals surface area contributed by atoms with Gasteiger partial charge in [0.2, 0.25) is 0 Å². The topological polar surface area (TPSA) is 0 Å². The summed E-state index contributed by atoms with van der Waals surface area (Å²) < 4.78 is 0. The van der Waals surface area contributed by atoms with Crippen molar-refractivity contribution in [2.75, 3.05) is 0 Å². The number of benzene rings is 10. The Labute approximate surface area is 351 Å². The van der Waals surface area contributed by atoms with Crippen LogP contribution in [-0.4, -0.2) is 0 Å². The molecule has 0 atom stereocenters. The van der Waals surface area contributed by atoms with E-state index < -0.39 is 0 Å². The third kappa shape index (κ3) is 5.04. The first-order valence-corrected chi connectivity index (χ1v) is 22.2. The van der Waals surface area contributed by atoms with Gasteiger partial charge in [0.1, 0.15) is 0 Å². The van der Waals surface area contributed by atoms with Crippen LogP contribution < -0.4 is 0 Å². The number of rotatable bonds is 4. The Balaban J connectivity index is 1.23. The third-order valence-corrected chi connectivity index (χ3v) is 14.4. The average molecular weight is 765 g/mol. The summed E-state index contributed by atoms with van der Waals surface area (Å²) in [5, 5.41) is 10.6. The van der Waals surface area contributed by atoms with Crippen molar-refractivity contribution in [2.45, 2.75) is 51.4 Å².